The molecule has 19 heavy (non-hydrogen) atoms. The zero-order valence-corrected chi connectivity index (χ0v) is 11.7. The Morgan fingerprint density at radius 2 is 1.95 bits per heavy atom. The van der Waals surface area contributed by atoms with E-state index in [2.05, 4.69) is 53.6 Å². The molecule has 0 amide bonds. The Morgan fingerprint density at radius 3 is 2.47 bits per heavy atom. The minimum absolute atomic E-state index is 0.488. The van der Waals surface area contributed by atoms with Crippen molar-refractivity contribution in [1.82, 2.24) is 14.8 Å². The second-order valence-electron chi connectivity index (χ2n) is 5.86. The third-order valence-corrected chi connectivity index (χ3v) is 4.32. The van der Waals surface area contributed by atoms with Crippen LogP contribution in [0.2, 0.25) is 0 Å². The van der Waals surface area contributed by atoms with Gasteiger partial charge in [0.15, 0.2) is 5.82 Å². The van der Waals surface area contributed by atoms with E-state index in [1.54, 1.807) is 6.33 Å². The number of hydrogen-bond acceptors (Lipinski definition) is 3. The van der Waals surface area contributed by atoms with Crippen molar-refractivity contribution in [1.29, 1.82) is 0 Å². The van der Waals surface area contributed by atoms with Crippen LogP contribution in [-0.2, 0) is 7.05 Å². The van der Waals surface area contributed by atoms with Gasteiger partial charge < -0.3 is 9.88 Å². The Kier molecular flexibility index (Phi) is 2.81. The fraction of sp³-hybridized carbons (Fsp3) is 0.467. The highest BCUT2D eigenvalue weighted by molar-refractivity contribution is 5.60. The van der Waals surface area contributed by atoms with Gasteiger partial charge in [0.2, 0.25) is 0 Å². The maximum Gasteiger partial charge on any atom is 0.163 e. The molecule has 0 saturated heterocycles. The lowest BCUT2D eigenvalue weighted by Gasteiger charge is -2.21. The van der Waals surface area contributed by atoms with Crippen LogP contribution in [0.15, 0.2) is 30.6 Å². The first-order valence-corrected chi connectivity index (χ1v) is 6.79. The standard InChI is InChI=1S/C15H20N4/c1-11(15(2)8-9-15)17-13-6-4-12(5-7-13)14-18-16-10-19(14)3/h4-7,10-11,17H,8-9H2,1-3H3. The van der Waals surface area contributed by atoms with Crippen molar-refractivity contribution in [2.45, 2.75) is 32.7 Å². The fourth-order valence-corrected chi connectivity index (χ4v) is 2.31. The molecule has 1 aromatic carbocycles. The number of aromatic nitrogens is 3. The first-order valence-electron chi connectivity index (χ1n) is 6.79. The van der Waals surface area contributed by atoms with E-state index in [9.17, 15) is 0 Å². The summed E-state index contributed by atoms with van der Waals surface area (Å²) < 4.78 is 1.93. The van der Waals surface area contributed by atoms with E-state index in [0.717, 1.165) is 11.4 Å². The Bertz CT molecular complexity index is 566. The highest BCUT2D eigenvalue weighted by Crippen LogP contribution is 2.48. The third kappa shape index (κ3) is 2.35. The smallest absolute Gasteiger partial charge is 0.163 e. The number of rotatable bonds is 4. The molecule has 4 nitrogen and oxygen atoms in total. The maximum absolute atomic E-state index is 4.12. The zero-order chi connectivity index (χ0) is 13.5. The van der Waals surface area contributed by atoms with Gasteiger partial charge in [-0.15, -0.1) is 10.2 Å². The summed E-state index contributed by atoms with van der Waals surface area (Å²) in [7, 11) is 1.96. The summed E-state index contributed by atoms with van der Waals surface area (Å²) in [4.78, 5) is 0. The fourth-order valence-electron chi connectivity index (χ4n) is 2.31. The molecule has 1 aliphatic rings. The van der Waals surface area contributed by atoms with Crippen molar-refractivity contribution in [2.75, 3.05) is 5.32 Å². The molecule has 1 saturated carbocycles. The predicted octanol–water partition coefficient (Wildman–Crippen LogP) is 3.08. The van der Waals surface area contributed by atoms with Crippen LogP contribution in [0.5, 0.6) is 0 Å². The molecule has 0 bridgehead atoms. The third-order valence-electron chi connectivity index (χ3n) is 4.32. The molecule has 3 rings (SSSR count). The number of aryl methyl sites for hydroxylation is 1. The van der Waals surface area contributed by atoms with Gasteiger partial charge in [-0.05, 0) is 49.4 Å². The van der Waals surface area contributed by atoms with Gasteiger partial charge in [-0.2, -0.15) is 0 Å². The maximum atomic E-state index is 4.12. The van der Waals surface area contributed by atoms with Gasteiger partial charge in [0.25, 0.3) is 0 Å². The number of nitrogens with zero attached hydrogens (tertiary/aromatic N) is 3. The lowest BCUT2D eigenvalue weighted by Crippen LogP contribution is -2.24. The second-order valence-corrected chi connectivity index (χ2v) is 5.86. The van der Waals surface area contributed by atoms with Crippen LogP contribution in [0.1, 0.15) is 26.7 Å². The van der Waals surface area contributed by atoms with Crippen molar-refractivity contribution in [3.63, 3.8) is 0 Å². The average molecular weight is 256 g/mol. The van der Waals surface area contributed by atoms with Gasteiger partial charge in [0.1, 0.15) is 6.33 Å². The molecule has 1 heterocycles. The molecule has 1 aromatic heterocycles. The Hall–Kier alpha value is -1.84. The van der Waals surface area contributed by atoms with Gasteiger partial charge in [-0.1, -0.05) is 6.92 Å². The summed E-state index contributed by atoms with van der Waals surface area (Å²) in [6, 6.07) is 8.94. The van der Waals surface area contributed by atoms with Crippen LogP contribution in [0.3, 0.4) is 0 Å². The summed E-state index contributed by atoms with van der Waals surface area (Å²) in [5, 5.41) is 11.6. The van der Waals surface area contributed by atoms with E-state index in [-0.39, 0.29) is 0 Å². The summed E-state index contributed by atoms with van der Waals surface area (Å²) in [6.45, 7) is 4.61. The minimum Gasteiger partial charge on any atom is -0.382 e. The average Bonchev–Trinajstić information content (AvgIpc) is 3.01. The van der Waals surface area contributed by atoms with Crippen molar-refractivity contribution < 1.29 is 0 Å². The lowest BCUT2D eigenvalue weighted by molar-refractivity contribution is 0.493. The van der Waals surface area contributed by atoms with E-state index in [4.69, 9.17) is 0 Å². The van der Waals surface area contributed by atoms with Crippen molar-refractivity contribution in [3.8, 4) is 11.4 Å². The van der Waals surface area contributed by atoms with Crippen LogP contribution >= 0.6 is 0 Å². The van der Waals surface area contributed by atoms with Crippen LogP contribution in [0, 0.1) is 5.41 Å². The number of hydrogen-bond donors (Lipinski definition) is 1. The summed E-state index contributed by atoms with van der Waals surface area (Å²) in [6.07, 6.45) is 4.38. The van der Waals surface area contributed by atoms with E-state index >= 15 is 0 Å². The Balaban J connectivity index is 1.74. The monoisotopic (exact) mass is 256 g/mol. The molecule has 0 radical (unpaired) electrons. The summed E-state index contributed by atoms with van der Waals surface area (Å²) in [5.74, 6) is 0.897. The molecule has 100 valence electrons. The Labute approximate surface area is 113 Å². The van der Waals surface area contributed by atoms with Crippen molar-refractivity contribution >= 4 is 5.69 Å². The molecule has 4 heteroatoms. The zero-order valence-electron chi connectivity index (χ0n) is 11.7. The van der Waals surface area contributed by atoms with Crippen molar-refractivity contribution in [2.24, 2.45) is 12.5 Å². The van der Waals surface area contributed by atoms with E-state index in [0.29, 0.717) is 11.5 Å². The van der Waals surface area contributed by atoms with Crippen LogP contribution < -0.4 is 5.32 Å². The molecular formula is C15H20N4. The topological polar surface area (TPSA) is 42.7 Å². The normalized spacial score (nSPS) is 18.1. The molecule has 1 atom stereocenters. The first-order chi connectivity index (χ1) is 9.08. The van der Waals surface area contributed by atoms with Gasteiger partial charge >= 0.3 is 0 Å². The van der Waals surface area contributed by atoms with Crippen LogP contribution in [0.4, 0.5) is 5.69 Å². The molecule has 2 aromatic rings. The summed E-state index contributed by atoms with van der Waals surface area (Å²) in [5.41, 5.74) is 2.75. The molecule has 1 aliphatic carbocycles. The molecular weight excluding hydrogens is 236 g/mol. The van der Waals surface area contributed by atoms with Crippen molar-refractivity contribution in [3.05, 3.63) is 30.6 Å². The van der Waals surface area contributed by atoms with E-state index in [1.165, 1.54) is 18.5 Å². The molecule has 1 N–H and O–H groups in total. The minimum atomic E-state index is 0.488. The second kappa shape index (κ2) is 4.37. The Morgan fingerprint density at radius 1 is 1.26 bits per heavy atom. The quantitative estimate of drug-likeness (QED) is 0.914. The molecule has 1 unspecified atom stereocenters. The largest absolute Gasteiger partial charge is 0.382 e. The van der Waals surface area contributed by atoms with E-state index in [1.807, 2.05) is 11.6 Å². The SMILES string of the molecule is CC(Nc1ccc(-c2nncn2C)cc1)C1(C)CC1. The van der Waals surface area contributed by atoms with Gasteiger partial charge in [-0.25, -0.2) is 0 Å². The van der Waals surface area contributed by atoms with E-state index < -0.39 is 0 Å². The highest BCUT2D eigenvalue weighted by Gasteiger charge is 2.42. The molecule has 0 aliphatic heterocycles. The summed E-state index contributed by atoms with van der Waals surface area (Å²) >= 11 is 0. The number of anilines is 1. The molecule has 0 spiro atoms. The lowest BCUT2D eigenvalue weighted by atomic mass is 10.0. The van der Waals surface area contributed by atoms with Gasteiger partial charge in [0, 0.05) is 24.3 Å². The first kappa shape index (κ1) is 12.2. The van der Waals surface area contributed by atoms with Crippen LogP contribution in [-0.4, -0.2) is 20.8 Å². The predicted molar refractivity (Wildman–Crippen MR) is 76.9 cm³/mol. The van der Waals surface area contributed by atoms with Crippen LogP contribution in [0.25, 0.3) is 11.4 Å². The number of nitrogens with one attached hydrogen (secondary N) is 1. The molecule has 1 fully saturated rings. The highest BCUT2D eigenvalue weighted by atomic mass is 15.2. The number of benzene rings is 1. The van der Waals surface area contributed by atoms with Gasteiger partial charge in [-0.3, -0.25) is 0 Å². The van der Waals surface area contributed by atoms with Gasteiger partial charge in [0.05, 0.1) is 0 Å².